The van der Waals surface area contributed by atoms with E-state index in [0.717, 1.165) is 23.7 Å². The first-order valence-corrected chi connectivity index (χ1v) is 10.1. The molecule has 2 atom stereocenters. The van der Waals surface area contributed by atoms with E-state index in [0.29, 0.717) is 10.6 Å². The number of rotatable bonds is 6. The van der Waals surface area contributed by atoms with Crippen LogP contribution in [0.5, 0.6) is 0 Å². The fraction of sp³-hybridized carbons (Fsp3) is 0.429. The first-order valence-electron chi connectivity index (χ1n) is 9.10. The van der Waals surface area contributed by atoms with Crippen LogP contribution in [0.3, 0.4) is 0 Å². The van der Waals surface area contributed by atoms with Crippen LogP contribution in [0, 0.1) is 34.0 Å². The molecule has 0 saturated heterocycles. The number of hydrogen-bond acceptors (Lipinski definition) is 5. The van der Waals surface area contributed by atoms with Crippen molar-refractivity contribution in [2.75, 3.05) is 5.75 Å². The molecule has 0 fully saturated rings. The Morgan fingerprint density at radius 2 is 1.96 bits per heavy atom. The maximum absolute atomic E-state index is 12.3. The lowest BCUT2D eigenvalue weighted by molar-refractivity contribution is -0.125. The van der Waals surface area contributed by atoms with Crippen LogP contribution in [0.25, 0.3) is 0 Å². The van der Waals surface area contributed by atoms with Gasteiger partial charge in [0.15, 0.2) is 0 Å². The molecule has 1 aromatic rings. The highest BCUT2D eigenvalue weighted by Gasteiger charge is 2.44. The molecule has 28 heavy (non-hydrogen) atoms. The van der Waals surface area contributed by atoms with Gasteiger partial charge in [-0.2, -0.15) is 10.5 Å². The Bertz CT molecular complexity index is 875. The summed E-state index contributed by atoms with van der Waals surface area (Å²) in [5.74, 6) is -1.52. The van der Waals surface area contributed by atoms with Gasteiger partial charge in [0.05, 0.1) is 34.5 Å². The first kappa shape index (κ1) is 21.5. The van der Waals surface area contributed by atoms with Gasteiger partial charge in [0.2, 0.25) is 11.8 Å². The molecule has 2 N–H and O–H groups in total. The van der Waals surface area contributed by atoms with E-state index in [9.17, 15) is 20.1 Å². The number of allylic oxidation sites excluding steroid dienone is 1. The Hall–Kier alpha value is -2.77. The number of benzene rings is 1. The third-order valence-electron chi connectivity index (χ3n) is 4.95. The van der Waals surface area contributed by atoms with Crippen molar-refractivity contribution in [3.8, 4) is 12.1 Å². The molecule has 0 aliphatic carbocycles. The molecular formula is C21H24N4O2S. The molecule has 0 unspecified atom stereocenters. The van der Waals surface area contributed by atoms with Gasteiger partial charge in [0.25, 0.3) is 0 Å². The summed E-state index contributed by atoms with van der Waals surface area (Å²) in [6.45, 7) is 7.39. The summed E-state index contributed by atoms with van der Waals surface area (Å²) in [7, 11) is 0. The topological polar surface area (TPSA) is 106 Å². The van der Waals surface area contributed by atoms with Gasteiger partial charge in [-0.15, -0.1) is 0 Å². The number of nitrogens with one attached hydrogen (secondary N) is 2. The predicted molar refractivity (Wildman–Crippen MR) is 109 cm³/mol. The van der Waals surface area contributed by atoms with Crippen molar-refractivity contribution in [1.82, 2.24) is 10.6 Å². The van der Waals surface area contributed by atoms with Crippen molar-refractivity contribution >= 4 is 23.6 Å². The number of hydrogen-bond donors (Lipinski definition) is 2. The molecule has 0 aromatic heterocycles. The van der Waals surface area contributed by atoms with Crippen LogP contribution in [0.15, 0.2) is 34.9 Å². The largest absolute Gasteiger partial charge is 0.349 e. The van der Waals surface area contributed by atoms with Crippen LogP contribution in [0.4, 0.5) is 0 Å². The molecular weight excluding hydrogens is 372 g/mol. The summed E-state index contributed by atoms with van der Waals surface area (Å²) in [4.78, 5) is 24.5. The minimum atomic E-state index is -0.938. The zero-order chi connectivity index (χ0) is 20.9. The Labute approximate surface area is 170 Å². The highest BCUT2D eigenvalue weighted by molar-refractivity contribution is 8.03. The lowest BCUT2D eigenvalue weighted by atomic mass is 9.72. The molecule has 146 valence electrons. The van der Waals surface area contributed by atoms with Crippen LogP contribution in [-0.2, 0) is 16.0 Å². The lowest BCUT2D eigenvalue weighted by Crippen LogP contribution is -2.44. The average Bonchev–Trinajstić information content (AvgIpc) is 2.66. The number of amides is 2. The second kappa shape index (κ2) is 8.95. The average molecular weight is 397 g/mol. The number of carbonyl (C=O) groups is 2. The maximum atomic E-state index is 12.3. The van der Waals surface area contributed by atoms with E-state index in [-0.39, 0.29) is 17.7 Å². The zero-order valence-electron chi connectivity index (χ0n) is 16.5. The second-order valence-electron chi connectivity index (χ2n) is 7.26. The number of thioether (sulfide) groups is 1. The fourth-order valence-electron chi connectivity index (χ4n) is 3.08. The Morgan fingerprint density at radius 3 is 2.50 bits per heavy atom. The van der Waals surface area contributed by atoms with Crippen LogP contribution in [0.1, 0.15) is 44.9 Å². The van der Waals surface area contributed by atoms with Gasteiger partial charge >= 0.3 is 0 Å². The lowest BCUT2D eigenvalue weighted by Gasteiger charge is -2.34. The van der Waals surface area contributed by atoms with Crippen LogP contribution in [-0.4, -0.2) is 17.6 Å². The molecule has 1 heterocycles. The zero-order valence-corrected chi connectivity index (χ0v) is 17.3. The van der Waals surface area contributed by atoms with Crippen molar-refractivity contribution in [3.63, 3.8) is 0 Å². The number of aryl methyl sites for hydroxylation is 1. The Morgan fingerprint density at radius 1 is 1.32 bits per heavy atom. The molecule has 6 nitrogen and oxygen atoms in total. The highest BCUT2D eigenvalue weighted by atomic mass is 32.2. The van der Waals surface area contributed by atoms with Crippen molar-refractivity contribution in [1.29, 1.82) is 10.5 Å². The molecule has 7 heteroatoms. The third-order valence-corrected chi connectivity index (χ3v) is 5.95. The van der Waals surface area contributed by atoms with Gasteiger partial charge in [0, 0.05) is 5.41 Å². The fourth-order valence-corrected chi connectivity index (χ4v) is 4.07. The standard InChI is InChI=1S/C21H24N4O2S/c1-5-14-6-8-15(9-7-14)13(2)24-18(26)12-28-20-17(11-23)21(3,4)16(10-22)19(27)25-20/h6-9,13,16H,5,12H2,1-4H3,(H,24,26)(H,25,27)/t13-,16-/m1/s1. The highest BCUT2D eigenvalue weighted by Crippen LogP contribution is 2.41. The predicted octanol–water partition coefficient (Wildman–Crippen LogP) is 3.19. The summed E-state index contributed by atoms with van der Waals surface area (Å²) in [6, 6.07) is 12.0. The van der Waals surface area contributed by atoms with Gasteiger partial charge < -0.3 is 10.6 Å². The van der Waals surface area contributed by atoms with Gasteiger partial charge in [-0.1, -0.05) is 56.8 Å². The van der Waals surface area contributed by atoms with Crippen LogP contribution in [0.2, 0.25) is 0 Å². The molecule has 0 saturated carbocycles. The van der Waals surface area contributed by atoms with Gasteiger partial charge in [-0.25, -0.2) is 0 Å². The Balaban J connectivity index is 2.04. The molecule has 0 radical (unpaired) electrons. The molecule has 1 aliphatic heterocycles. The molecule has 0 spiro atoms. The minimum Gasteiger partial charge on any atom is -0.349 e. The van der Waals surface area contributed by atoms with Crippen molar-refractivity contribution in [2.24, 2.45) is 11.3 Å². The first-order chi connectivity index (χ1) is 13.2. The molecule has 1 aliphatic rings. The third kappa shape index (κ3) is 4.55. The normalized spacial score (nSPS) is 19.2. The number of nitriles is 2. The quantitative estimate of drug-likeness (QED) is 0.768. The van der Waals surface area contributed by atoms with Crippen molar-refractivity contribution < 1.29 is 9.59 Å². The van der Waals surface area contributed by atoms with Crippen molar-refractivity contribution in [3.05, 3.63) is 46.0 Å². The number of carbonyl (C=O) groups excluding carboxylic acids is 2. The summed E-state index contributed by atoms with van der Waals surface area (Å²) >= 11 is 1.10. The monoisotopic (exact) mass is 396 g/mol. The minimum absolute atomic E-state index is 0.0610. The van der Waals surface area contributed by atoms with E-state index in [4.69, 9.17) is 0 Å². The van der Waals surface area contributed by atoms with Gasteiger partial charge in [-0.05, 0) is 24.5 Å². The van der Waals surface area contributed by atoms with Crippen molar-refractivity contribution in [2.45, 2.75) is 40.2 Å². The van der Waals surface area contributed by atoms with E-state index in [1.165, 1.54) is 5.56 Å². The van der Waals surface area contributed by atoms with E-state index in [1.54, 1.807) is 13.8 Å². The van der Waals surface area contributed by atoms with Gasteiger partial charge in [0.1, 0.15) is 5.92 Å². The number of nitrogens with zero attached hydrogens (tertiary/aromatic N) is 2. The van der Waals surface area contributed by atoms with E-state index in [2.05, 4.69) is 23.6 Å². The Kier molecular flexibility index (Phi) is 6.88. The van der Waals surface area contributed by atoms with Crippen LogP contribution < -0.4 is 10.6 Å². The van der Waals surface area contributed by atoms with Crippen LogP contribution >= 0.6 is 11.8 Å². The molecule has 0 bridgehead atoms. The molecule has 1 aromatic carbocycles. The summed E-state index contributed by atoms with van der Waals surface area (Å²) in [6.07, 6.45) is 0.961. The summed E-state index contributed by atoms with van der Waals surface area (Å²) < 4.78 is 0. The smallest absolute Gasteiger partial charge is 0.243 e. The van der Waals surface area contributed by atoms with E-state index < -0.39 is 17.2 Å². The molecule has 2 amide bonds. The van der Waals surface area contributed by atoms with E-state index in [1.807, 2.05) is 37.3 Å². The molecule has 2 rings (SSSR count). The van der Waals surface area contributed by atoms with E-state index >= 15 is 0 Å². The SMILES string of the molecule is CCc1ccc([C@@H](C)NC(=O)CSC2=C(C#N)C(C)(C)[C@H](C#N)C(=O)N2)cc1. The van der Waals surface area contributed by atoms with Gasteiger partial charge in [-0.3, -0.25) is 9.59 Å². The summed E-state index contributed by atoms with van der Waals surface area (Å²) in [5.41, 5.74) is 1.66. The summed E-state index contributed by atoms with van der Waals surface area (Å²) in [5, 5.41) is 24.6. The second-order valence-corrected chi connectivity index (χ2v) is 8.25. The maximum Gasteiger partial charge on any atom is 0.243 e.